The molecular weight excluding hydrogens is 316 g/mol. The Bertz CT molecular complexity index is 645. The summed E-state index contributed by atoms with van der Waals surface area (Å²) in [4.78, 5) is 37.8. The van der Waals surface area contributed by atoms with E-state index in [9.17, 15) is 9.59 Å². The number of amides is 2. The van der Waals surface area contributed by atoms with Crippen LogP contribution in [0.5, 0.6) is 0 Å². The van der Waals surface area contributed by atoms with Crippen LogP contribution in [-0.2, 0) is 4.79 Å². The van der Waals surface area contributed by atoms with Gasteiger partial charge in [0.1, 0.15) is 11.5 Å². The molecule has 1 aromatic heterocycles. The zero-order chi connectivity index (χ0) is 17.2. The van der Waals surface area contributed by atoms with Crippen molar-refractivity contribution in [1.82, 2.24) is 19.8 Å². The molecule has 1 aliphatic heterocycles. The van der Waals surface area contributed by atoms with E-state index in [4.69, 9.17) is 0 Å². The molecule has 1 saturated heterocycles. The number of hydrogen-bond donors (Lipinski definition) is 0. The van der Waals surface area contributed by atoms with Crippen LogP contribution in [0.25, 0.3) is 0 Å². The van der Waals surface area contributed by atoms with Crippen molar-refractivity contribution >= 4 is 11.8 Å². The normalized spacial score (nSPS) is 22.1. The van der Waals surface area contributed by atoms with Gasteiger partial charge in [-0.15, -0.1) is 0 Å². The summed E-state index contributed by atoms with van der Waals surface area (Å²) in [6.07, 6.45) is 9.60. The van der Waals surface area contributed by atoms with Crippen LogP contribution in [0, 0.1) is 5.92 Å². The lowest BCUT2D eigenvalue weighted by Crippen LogP contribution is -2.52. The molecule has 3 fully saturated rings. The van der Waals surface area contributed by atoms with Crippen molar-refractivity contribution in [2.45, 2.75) is 50.9 Å². The molecule has 2 amide bonds. The van der Waals surface area contributed by atoms with Crippen molar-refractivity contribution in [1.29, 1.82) is 0 Å². The molecule has 0 bridgehead atoms. The van der Waals surface area contributed by atoms with Gasteiger partial charge in [-0.2, -0.15) is 0 Å². The fourth-order valence-corrected chi connectivity index (χ4v) is 3.93. The van der Waals surface area contributed by atoms with Gasteiger partial charge in [-0.1, -0.05) is 19.3 Å². The Kier molecular flexibility index (Phi) is 4.68. The summed E-state index contributed by atoms with van der Waals surface area (Å²) in [5.41, 5.74) is 0.490. The predicted octanol–water partition coefficient (Wildman–Crippen LogP) is 2.22. The molecule has 0 unspecified atom stereocenters. The number of hydrogen-bond acceptors (Lipinski definition) is 4. The predicted molar refractivity (Wildman–Crippen MR) is 93.1 cm³/mol. The summed E-state index contributed by atoms with van der Waals surface area (Å²) >= 11 is 0. The van der Waals surface area contributed by atoms with Gasteiger partial charge >= 0.3 is 0 Å². The number of carbonyl (C=O) groups excluding carboxylic acids is 2. The van der Waals surface area contributed by atoms with Crippen molar-refractivity contribution in [3.05, 3.63) is 23.8 Å². The Morgan fingerprint density at radius 2 is 1.60 bits per heavy atom. The maximum atomic E-state index is 12.7. The molecule has 0 N–H and O–H groups in total. The molecule has 2 heterocycles. The first-order valence-electron chi connectivity index (χ1n) is 9.63. The highest BCUT2D eigenvalue weighted by molar-refractivity contribution is 5.92. The summed E-state index contributed by atoms with van der Waals surface area (Å²) in [6, 6.07) is 1.70. The van der Waals surface area contributed by atoms with E-state index in [1.807, 2.05) is 9.80 Å². The van der Waals surface area contributed by atoms with Gasteiger partial charge in [0, 0.05) is 44.2 Å². The summed E-state index contributed by atoms with van der Waals surface area (Å²) in [5, 5.41) is 0. The first-order chi connectivity index (χ1) is 12.2. The van der Waals surface area contributed by atoms with Crippen LogP contribution in [0.3, 0.4) is 0 Å². The Morgan fingerprint density at radius 3 is 2.28 bits per heavy atom. The van der Waals surface area contributed by atoms with Gasteiger partial charge in [0.2, 0.25) is 5.91 Å². The summed E-state index contributed by atoms with van der Waals surface area (Å²) in [7, 11) is 0. The van der Waals surface area contributed by atoms with Crippen LogP contribution < -0.4 is 0 Å². The molecule has 6 nitrogen and oxygen atoms in total. The van der Waals surface area contributed by atoms with Crippen LogP contribution in [0.1, 0.15) is 67.2 Å². The topological polar surface area (TPSA) is 66.4 Å². The van der Waals surface area contributed by atoms with E-state index in [-0.39, 0.29) is 11.8 Å². The van der Waals surface area contributed by atoms with Crippen LogP contribution in [-0.4, -0.2) is 57.8 Å². The highest BCUT2D eigenvalue weighted by atomic mass is 16.2. The zero-order valence-corrected chi connectivity index (χ0v) is 14.7. The van der Waals surface area contributed by atoms with E-state index in [1.54, 1.807) is 12.3 Å². The second-order valence-corrected chi connectivity index (χ2v) is 7.53. The fraction of sp³-hybridized carbons (Fsp3) is 0.684. The monoisotopic (exact) mass is 342 g/mol. The SMILES string of the molecule is O=C(c1ccnc(C2CC2)n1)N1CCN(C(=O)C2CCCCC2)CC1. The second kappa shape index (κ2) is 7.10. The molecule has 2 saturated carbocycles. The number of aromatic nitrogens is 2. The highest BCUT2D eigenvalue weighted by Crippen LogP contribution is 2.37. The van der Waals surface area contributed by atoms with E-state index in [0.717, 1.165) is 31.5 Å². The third kappa shape index (κ3) is 3.67. The van der Waals surface area contributed by atoms with E-state index in [0.29, 0.717) is 43.7 Å². The van der Waals surface area contributed by atoms with E-state index >= 15 is 0 Å². The van der Waals surface area contributed by atoms with Gasteiger partial charge in [0.15, 0.2) is 0 Å². The quantitative estimate of drug-likeness (QED) is 0.845. The summed E-state index contributed by atoms with van der Waals surface area (Å²) < 4.78 is 0. The highest BCUT2D eigenvalue weighted by Gasteiger charge is 2.31. The zero-order valence-electron chi connectivity index (χ0n) is 14.7. The molecule has 4 rings (SSSR count). The van der Waals surface area contributed by atoms with Crippen molar-refractivity contribution in [2.24, 2.45) is 5.92 Å². The van der Waals surface area contributed by atoms with Crippen LogP contribution in [0.4, 0.5) is 0 Å². The maximum absolute atomic E-state index is 12.7. The number of nitrogens with zero attached hydrogens (tertiary/aromatic N) is 4. The summed E-state index contributed by atoms with van der Waals surface area (Å²) in [6.45, 7) is 2.48. The third-order valence-electron chi connectivity index (χ3n) is 5.67. The average molecular weight is 342 g/mol. The first kappa shape index (κ1) is 16.5. The lowest BCUT2D eigenvalue weighted by molar-refractivity contribution is -0.138. The minimum absolute atomic E-state index is 0.0333. The second-order valence-electron chi connectivity index (χ2n) is 7.53. The Balaban J connectivity index is 1.34. The van der Waals surface area contributed by atoms with Gasteiger partial charge in [-0.25, -0.2) is 9.97 Å². The van der Waals surface area contributed by atoms with Crippen molar-refractivity contribution < 1.29 is 9.59 Å². The van der Waals surface area contributed by atoms with Gasteiger partial charge in [0.25, 0.3) is 5.91 Å². The standard InChI is InChI=1S/C19H26N4O2/c24-18(15-4-2-1-3-5-15)22-10-12-23(13-11-22)19(25)16-8-9-20-17(21-16)14-6-7-14/h8-9,14-15H,1-7,10-13H2. The largest absolute Gasteiger partial charge is 0.339 e. The lowest BCUT2D eigenvalue weighted by Gasteiger charge is -2.37. The molecule has 1 aromatic rings. The number of carbonyl (C=O) groups is 2. The van der Waals surface area contributed by atoms with Crippen LogP contribution in [0.15, 0.2) is 12.3 Å². The van der Waals surface area contributed by atoms with Gasteiger partial charge in [-0.05, 0) is 31.7 Å². The Labute approximate surface area is 148 Å². The van der Waals surface area contributed by atoms with Crippen LogP contribution in [0.2, 0.25) is 0 Å². The van der Waals surface area contributed by atoms with Crippen molar-refractivity contribution in [2.75, 3.05) is 26.2 Å². The number of piperazine rings is 1. The molecule has 25 heavy (non-hydrogen) atoms. The molecule has 6 heteroatoms. The molecule has 0 aromatic carbocycles. The Morgan fingerprint density at radius 1 is 0.920 bits per heavy atom. The van der Waals surface area contributed by atoms with Crippen LogP contribution >= 0.6 is 0 Å². The van der Waals surface area contributed by atoms with E-state index < -0.39 is 0 Å². The molecule has 3 aliphatic rings. The smallest absolute Gasteiger partial charge is 0.272 e. The van der Waals surface area contributed by atoms with Crippen molar-refractivity contribution in [3.8, 4) is 0 Å². The van der Waals surface area contributed by atoms with E-state index in [2.05, 4.69) is 9.97 Å². The molecule has 2 aliphatic carbocycles. The first-order valence-corrected chi connectivity index (χ1v) is 9.63. The molecule has 0 spiro atoms. The Hall–Kier alpha value is -1.98. The fourth-order valence-electron chi connectivity index (χ4n) is 3.93. The molecular formula is C19H26N4O2. The van der Waals surface area contributed by atoms with Gasteiger partial charge < -0.3 is 9.80 Å². The number of rotatable bonds is 3. The molecule has 0 radical (unpaired) electrons. The van der Waals surface area contributed by atoms with Crippen molar-refractivity contribution in [3.63, 3.8) is 0 Å². The lowest BCUT2D eigenvalue weighted by atomic mass is 9.88. The minimum Gasteiger partial charge on any atom is -0.339 e. The molecule has 0 atom stereocenters. The minimum atomic E-state index is -0.0333. The van der Waals surface area contributed by atoms with Gasteiger partial charge in [0.05, 0.1) is 0 Å². The molecule has 134 valence electrons. The third-order valence-corrected chi connectivity index (χ3v) is 5.67. The van der Waals surface area contributed by atoms with E-state index in [1.165, 1.54) is 19.3 Å². The maximum Gasteiger partial charge on any atom is 0.272 e. The summed E-state index contributed by atoms with van der Waals surface area (Å²) in [5.74, 6) is 1.72. The average Bonchev–Trinajstić information content (AvgIpc) is 3.53. The van der Waals surface area contributed by atoms with Gasteiger partial charge in [-0.3, -0.25) is 9.59 Å².